The molecule has 1 aromatic rings. The molecule has 6 nitrogen and oxygen atoms in total. The van der Waals surface area contributed by atoms with E-state index in [1.54, 1.807) is 0 Å². The summed E-state index contributed by atoms with van der Waals surface area (Å²) in [6, 6.07) is -0.180. The number of allylic oxidation sites excluding steroid dienone is 2. The largest absolute Gasteiger partial charge is 0.481 e. The minimum atomic E-state index is -0.871. The van der Waals surface area contributed by atoms with Gasteiger partial charge in [-0.25, -0.2) is 0 Å². The molecule has 1 heterocycles. The molecular weight excluding hydrogens is 294 g/mol. The van der Waals surface area contributed by atoms with Gasteiger partial charge in [-0.1, -0.05) is 12.2 Å². The number of hydrogen-bond acceptors (Lipinski definition) is 3. The average Bonchev–Trinajstić information content (AvgIpc) is 3.19. The first-order valence-electron chi connectivity index (χ1n) is 8.17. The number of carboxylic acid groups (broad SMARTS) is 1. The van der Waals surface area contributed by atoms with Gasteiger partial charge in [0.2, 0.25) is 5.91 Å². The molecule has 0 spiro atoms. The highest BCUT2D eigenvalue weighted by atomic mass is 16.4. The molecule has 2 bridgehead atoms. The van der Waals surface area contributed by atoms with Crippen LogP contribution >= 0.6 is 0 Å². The van der Waals surface area contributed by atoms with E-state index >= 15 is 0 Å². The molecule has 1 amide bonds. The SMILES string of the molecule is CCn1cc([C@@H](C)NC(=O)[C@@H]2[C@@H](C(=O)O)[C@H]3C=C[C@H]2C3)c(C)n1. The number of rotatable bonds is 5. The predicted octanol–water partition coefficient (Wildman–Crippen LogP) is 1.91. The van der Waals surface area contributed by atoms with Gasteiger partial charge in [0.25, 0.3) is 0 Å². The first kappa shape index (κ1) is 15.8. The number of hydrogen-bond donors (Lipinski definition) is 2. The fraction of sp³-hybridized carbons (Fsp3) is 0.588. The third-order valence-corrected chi connectivity index (χ3v) is 5.18. The standard InChI is InChI=1S/C17H23N3O3/c1-4-20-8-13(10(3)19-20)9(2)18-16(21)14-11-5-6-12(7-11)15(14)17(22)23/h5-6,8-9,11-12,14-15H,4,7H2,1-3H3,(H,18,21)(H,22,23)/t9-,11+,12+,14+,15+/m1/s1. The van der Waals surface area contributed by atoms with Crippen molar-refractivity contribution < 1.29 is 14.7 Å². The lowest BCUT2D eigenvalue weighted by molar-refractivity contribution is -0.148. The van der Waals surface area contributed by atoms with Crippen LogP contribution < -0.4 is 5.32 Å². The Bertz CT molecular complexity index is 664. The minimum Gasteiger partial charge on any atom is -0.481 e. The monoisotopic (exact) mass is 317 g/mol. The van der Waals surface area contributed by atoms with Gasteiger partial charge in [0.1, 0.15) is 0 Å². The topological polar surface area (TPSA) is 84.2 Å². The molecule has 2 aliphatic carbocycles. The van der Waals surface area contributed by atoms with E-state index in [-0.39, 0.29) is 23.8 Å². The summed E-state index contributed by atoms with van der Waals surface area (Å²) in [7, 11) is 0. The van der Waals surface area contributed by atoms with Crippen LogP contribution in [0.15, 0.2) is 18.3 Å². The first-order valence-corrected chi connectivity index (χ1v) is 8.17. The number of aromatic nitrogens is 2. The van der Waals surface area contributed by atoms with Gasteiger partial charge >= 0.3 is 5.97 Å². The first-order chi connectivity index (χ1) is 10.9. The number of nitrogens with one attached hydrogen (secondary N) is 1. The molecule has 0 aromatic carbocycles. The van der Waals surface area contributed by atoms with Gasteiger partial charge in [-0.05, 0) is 39.0 Å². The second-order valence-electron chi connectivity index (χ2n) is 6.59. The Balaban J connectivity index is 1.74. The minimum absolute atomic E-state index is 0.00636. The second kappa shape index (κ2) is 5.83. The highest BCUT2D eigenvalue weighted by Crippen LogP contribution is 2.48. The lowest BCUT2D eigenvalue weighted by atomic mass is 9.82. The number of nitrogens with zero attached hydrogens (tertiary/aromatic N) is 2. The van der Waals surface area contributed by atoms with Gasteiger partial charge < -0.3 is 10.4 Å². The van der Waals surface area contributed by atoms with Gasteiger partial charge in [0, 0.05) is 18.3 Å². The molecule has 2 N–H and O–H groups in total. The molecule has 0 unspecified atom stereocenters. The van der Waals surface area contributed by atoms with Crippen molar-refractivity contribution in [3.8, 4) is 0 Å². The van der Waals surface area contributed by atoms with Gasteiger partial charge in [0.05, 0.1) is 23.6 Å². The number of carbonyl (C=O) groups is 2. The van der Waals surface area contributed by atoms with Gasteiger partial charge in [-0.3, -0.25) is 14.3 Å². The van der Waals surface area contributed by atoms with Crippen LogP contribution in [0, 0.1) is 30.6 Å². The van der Waals surface area contributed by atoms with Crippen LogP contribution in [0.25, 0.3) is 0 Å². The van der Waals surface area contributed by atoms with Crippen molar-refractivity contribution in [2.75, 3.05) is 0 Å². The van der Waals surface area contributed by atoms with Gasteiger partial charge in [0.15, 0.2) is 0 Å². The maximum Gasteiger partial charge on any atom is 0.307 e. The summed E-state index contributed by atoms with van der Waals surface area (Å²) >= 11 is 0. The molecule has 5 atom stereocenters. The Morgan fingerprint density at radius 2 is 2.04 bits per heavy atom. The molecular formula is C17H23N3O3. The van der Waals surface area contributed by atoms with Crippen LogP contribution in [-0.2, 0) is 16.1 Å². The van der Waals surface area contributed by atoms with Crippen molar-refractivity contribution in [3.63, 3.8) is 0 Å². The second-order valence-corrected chi connectivity index (χ2v) is 6.59. The molecule has 1 fully saturated rings. The Morgan fingerprint density at radius 1 is 1.39 bits per heavy atom. The fourth-order valence-electron chi connectivity index (χ4n) is 4.02. The van der Waals surface area contributed by atoms with Crippen molar-refractivity contribution in [2.45, 2.75) is 39.8 Å². The maximum absolute atomic E-state index is 12.7. The van der Waals surface area contributed by atoms with E-state index in [1.165, 1.54) is 0 Å². The van der Waals surface area contributed by atoms with Crippen LogP contribution in [0.4, 0.5) is 0 Å². The summed E-state index contributed by atoms with van der Waals surface area (Å²) < 4.78 is 1.84. The number of amides is 1. The molecule has 6 heteroatoms. The van der Waals surface area contributed by atoms with Gasteiger partial charge in [-0.15, -0.1) is 0 Å². The zero-order valence-electron chi connectivity index (χ0n) is 13.7. The third kappa shape index (κ3) is 2.66. The molecule has 0 saturated heterocycles. The van der Waals surface area contributed by atoms with E-state index in [0.29, 0.717) is 0 Å². The molecule has 1 aromatic heterocycles. The Kier molecular flexibility index (Phi) is 4.00. The summed E-state index contributed by atoms with van der Waals surface area (Å²) in [5.74, 6) is -2.06. The highest BCUT2D eigenvalue weighted by molar-refractivity contribution is 5.87. The maximum atomic E-state index is 12.7. The van der Waals surface area contributed by atoms with Crippen LogP contribution in [0.1, 0.15) is 37.6 Å². The number of aliphatic carboxylic acids is 1. The van der Waals surface area contributed by atoms with E-state index in [0.717, 1.165) is 24.2 Å². The molecule has 2 aliphatic rings. The number of carboxylic acids is 1. The summed E-state index contributed by atoms with van der Waals surface area (Å²) in [5.41, 5.74) is 1.87. The van der Waals surface area contributed by atoms with Crippen molar-refractivity contribution >= 4 is 11.9 Å². The molecule has 23 heavy (non-hydrogen) atoms. The predicted molar refractivity (Wildman–Crippen MR) is 84.5 cm³/mol. The average molecular weight is 317 g/mol. The molecule has 0 aliphatic heterocycles. The van der Waals surface area contributed by atoms with E-state index in [2.05, 4.69) is 10.4 Å². The fourth-order valence-corrected chi connectivity index (χ4v) is 4.02. The molecule has 124 valence electrons. The van der Waals surface area contributed by atoms with E-state index in [9.17, 15) is 14.7 Å². The Labute approximate surface area is 135 Å². The van der Waals surface area contributed by atoms with E-state index in [4.69, 9.17) is 0 Å². The number of carbonyl (C=O) groups excluding carboxylic acids is 1. The van der Waals surface area contributed by atoms with Crippen molar-refractivity contribution in [2.24, 2.45) is 23.7 Å². The van der Waals surface area contributed by atoms with Crippen LogP contribution in [0.5, 0.6) is 0 Å². The van der Waals surface area contributed by atoms with Crippen molar-refractivity contribution in [1.82, 2.24) is 15.1 Å². The lowest BCUT2D eigenvalue weighted by Crippen LogP contribution is -2.41. The molecule has 0 radical (unpaired) electrons. The van der Waals surface area contributed by atoms with Crippen LogP contribution in [0.2, 0.25) is 0 Å². The molecule has 1 saturated carbocycles. The van der Waals surface area contributed by atoms with Gasteiger partial charge in [-0.2, -0.15) is 5.10 Å². The van der Waals surface area contributed by atoms with Crippen molar-refractivity contribution in [3.05, 3.63) is 29.6 Å². The Morgan fingerprint density at radius 3 is 2.61 bits per heavy atom. The van der Waals surface area contributed by atoms with Crippen molar-refractivity contribution in [1.29, 1.82) is 0 Å². The van der Waals surface area contributed by atoms with E-state index < -0.39 is 17.8 Å². The number of aryl methyl sites for hydroxylation is 2. The number of fused-ring (bicyclic) bond motifs is 2. The summed E-state index contributed by atoms with van der Waals surface area (Å²) in [6.45, 7) is 6.63. The smallest absolute Gasteiger partial charge is 0.307 e. The normalized spacial score (nSPS) is 29.7. The third-order valence-electron chi connectivity index (χ3n) is 5.18. The zero-order valence-corrected chi connectivity index (χ0v) is 13.7. The highest BCUT2D eigenvalue weighted by Gasteiger charge is 2.51. The van der Waals surface area contributed by atoms with E-state index in [1.807, 2.05) is 43.8 Å². The quantitative estimate of drug-likeness (QED) is 0.813. The zero-order chi connectivity index (χ0) is 16.7. The summed E-state index contributed by atoms with van der Waals surface area (Å²) in [5, 5.41) is 16.9. The van der Waals surface area contributed by atoms with Crippen LogP contribution in [0.3, 0.4) is 0 Å². The lowest BCUT2D eigenvalue weighted by Gasteiger charge is -2.25. The Hall–Kier alpha value is -2.11. The summed E-state index contributed by atoms with van der Waals surface area (Å²) in [4.78, 5) is 24.2. The van der Waals surface area contributed by atoms with Crippen LogP contribution in [-0.4, -0.2) is 26.8 Å². The summed E-state index contributed by atoms with van der Waals surface area (Å²) in [6.07, 6.45) is 6.66. The molecule has 3 rings (SSSR count).